The average Bonchev–Trinajstić information content (AvgIpc) is 2.31. The number of hydrogen-bond acceptors (Lipinski definition) is 3. The van der Waals surface area contributed by atoms with Gasteiger partial charge in [0.05, 0.1) is 5.02 Å². The third kappa shape index (κ3) is 4.58. The van der Waals surface area contributed by atoms with Gasteiger partial charge in [-0.2, -0.15) is 0 Å². The Balaban J connectivity index is 2.50. The standard InChI is InChI=1S/C11H15ClFN3O/c1-16(5-4-11(14)15-17)7-8-2-3-9(12)10(13)6-8/h2-3,6,17H,4-5,7H2,1H3,(H2,14,15). The first kappa shape index (κ1) is 13.7. The summed E-state index contributed by atoms with van der Waals surface area (Å²) in [5, 5.41) is 11.4. The number of rotatable bonds is 5. The van der Waals surface area contributed by atoms with Crippen LogP contribution in [0, 0.1) is 5.82 Å². The van der Waals surface area contributed by atoms with Crippen molar-refractivity contribution in [2.75, 3.05) is 13.6 Å². The molecule has 0 saturated heterocycles. The highest BCUT2D eigenvalue weighted by molar-refractivity contribution is 6.30. The van der Waals surface area contributed by atoms with Crippen molar-refractivity contribution in [2.45, 2.75) is 13.0 Å². The molecule has 0 heterocycles. The lowest BCUT2D eigenvalue weighted by Crippen LogP contribution is -2.24. The average molecular weight is 260 g/mol. The minimum atomic E-state index is -0.422. The lowest BCUT2D eigenvalue weighted by Gasteiger charge is -2.16. The Labute approximate surface area is 104 Å². The quantitative estimate of drug-likeness (QED) is 0.368. The van der Waals surface area contributed by atoms with Gasteiger partial charge in [0.25, 0.3) is 0 Å². The zero-order chi connectivity index (χ0) is 12.8. The van der Waals surface area contributed by atoms with Crippen LogP contribution in [0.1, 0.15) is 12.0 Å². The van der Waals surface area contributed by atoms with Crippen molar-refractivity contribution in [3.8, 4) is 0 Å². The molecule has 0 unspecified atom stereocenters. The number of amidine groups is 1. The van der Waals surface area contributed by atoms with Crippen molar-refractivity contribution in [3.63, 3.8) is 0 Å². The summed E-state index contributed by atoms with van der Waals surface area (Å²) in [4.78, 5) is 1.95. The largest absolute Gasteiger partial charge is 0.409 e. The molecule has 0 aliphatic rings. The van der Waals surface area contributed by atoms with E-state index < -0.39 is 5.82 Å². The van der Waals surface area contributed by atoms with E-state index in [1.165, 1.54) is 12.1 Å². The topological polar surface area (TPSA) is 61.8 Å². The van der Waals surface area contributed by atoms with E-state index >= 15 is 0 Å². The monoisotopic (exact) mass is 259 g/mol. The summed E-state index contributed by atoms with van der Waals surface area (Å²) in [6.45, 7) is 1.20. The van der Waals surface area contributed by atoms with E-state index in [0.717, 1.165) is 5.56 Å². The smallest absolute Gasteiger partial charge is 0.142 e. The van der Waals surface area contributed by atoms with Crippen molar-refractivity contribution < 1.29 is 9.60 Å². The molecule has 0 spiro atoms. The third-order valence-electron chi connectivity index (χ3n) is 2.31. The molecule has 1 aromatic rings. The molecule has 0 atom stereocenters. The van der Waals surface area contributed by atoms with Gasteiger partial charge in [-0.1, -0.05) is 22.8 Å². The van der Waals surface area contributed by atoms with Gasteiger partial charge >= 0.3 is 0 Å². The van der Waals surface area contributed by atoms with E-state index in [-0.39, 0.29) is 10.9 Å². The van der Waals surface area contributed by atoms with Crippen LogP contribution in [0.15, 0.2) is 23.4 Å². The molecule has 6 heteroatoms. The lowest BCUT2D eigenvalue weighted by molar-refractivity contribution is 0.309. The molecule has 0 saturated carbocycles. The van der Waals surface area contributed by atoms with Crippen LogP contribution >= 0.6 is 11.6 Å². The molecule has 3 N–H and O–H groups in total. The van der Waals surface area contributed by atoms with Crippen molar-refractivity contribution in [2.24, 2.45) is 10.9 Å². The zero-order valence-corrected chi connectivity index (χ0v) is 10.3. The molecule has 0 aromatic heterocycles. The summed E-state index contributed by atoms with van der Waals surface area (Å²) in [5.74, 6) is -0.242. The molecule has 1 aromatic carbocycles. The van der Waals surface area contributed by atoms with Crippen LogP contribution in [0.4, 0.5) is 4.39 Å². The summed E-state index contributed by atoms with van der Waals surface area (Å²) in [6, 6.07) is 4.71. The van der Waals surface area contributed by atoms with Crippen molar-refractivity contribution >= 4 is 17.4 Å². The highest BCUT2D eigenvalue weighted by atomic mass is 35.5. The van der Waals surface area contributed by atoms with Crippen molar-refractivity contribution in [3.05, 3.63) is 34.6 Å². The number of benzene rings is 1. The van der Waals surface area contributed by atoms with Crippen LogP contribution in [0.2, 0.25) is 5.02 Å². The lowest BCUT2D eigenvalue weighted by atomic mass is 10.2. The fraction of sp³-hybridized carbons (Fsp3) is 0.364. The predicted octanol–water partition coefficient (Wildman–Crippen LogP) is 2.05. The van der Waals surface area contributed by atoms with Crippen LogP contribution in [-0.2, 0) is 6.54 Å². The van der Waals surface area contributed by atoms with E-state index in [1.807, 2.05) is 11.9 Å². The van der Waals surface area contributed by atoms with E-state index in [1.54, 1.807) is 6.07 Å². The summed E-state index contributed by atoms with van der Waals surface area (Å²) < 4.78 is 13.2. The van der Waals surface area contributed by atoms with Gasteiger partial charge < -0.3 is 15.8 Å². The first-order valence-electron chi connectivity index (χ1n) is 5.12. The van der Waals surface area contributed by atoms with Crippen LogP contribution in [0.3, 0.4) is 0 Å². The molecule has 0 amide bonds. The van der Waals surface area contributed by atoms with Crippen LogP contribution < -0.4 is 5.73 Å². The number of halogens is 2. The summed E-state index contributed by atoms with van der Waals surface area (Å²) in [7, 11) is 1.87. The van der Waals surface area contributed by atoms with Crippen molar-refractivity contribution in [1.29, 1.82) is 0 Å². The first-order chi connectivity index (χ1) is 8.02. The maximum atomic E-state index is 13.2. The van der Waals surface area contributed by atoms with Crippen LogP contribution in [-0.4, -0.2) is 29.5 Å². The summed E-state index contributed by atoms with van der Waals surface area (Å²) in [6.07, 6.45) is 0.461. The molecule has 17 heavy (non-hydrogen) atoms. The molecule has 0 fully saturated rings. The normalized spacial score (nSPS) is 12.1. The minimum Gasteiger partial charge on any atom is -0.409 e. The fourth-order valence-corrected chi connectivity index (χ4v) is 1.50. The minimum absolute atomic E-state index is 0.119. The zero-order valence-electron chi connectivity index (χ0n) is 9.53. The molecular formula is C11H15ClFN3O. The Morgan fingerprint density at radius 3 is 2.88 bits per heavy atom. The van der Waals surface area contributed by atoms with Gasteiger partial charge in [-0.05, 0) is 24.7 Å². The van der Waals surface area contributed by atoms with Gasteiger partial charge in [0.1, 0.15) is 11.7 Å². The van der Waals surface area contributed by atoms with Gasteiger partial charge in [0, 0.05) is 19.5 Å². The second kappa shape index (κ2) is 6.42. The number of nitrogens with zero attached hydrogens (tertiary/aromatic N) is 2. The molecule has 4 nitrogen and oxygen atoms in total. The van der Waals surface area contributed by atoms with Crippen molar-refractivity contribution in [1.82, 2.24) is 4.90 Å². The molecule has 94 valence electrons. The molecule has 0 radical (unpaired) electrons. The van der Waals surface area contributed by atoms with Gasteiger partial charge in [-0.25, -0.2) is 4.39 Å². The Kier molecular flexibility index (Phi) is 5.18. The van der Waals surface area contributed by atoms with Gasteiger partial charge in [-0.3, -0.25) is 0 Å². The number of hydrogen-bond donors (Lipinski definition) is 2. The summed E-state index contributed by atoms with van der Waals surface area (Å²) >= 11 is 5.59. The molecule has 0 aliphatic carbocycles. The Morgan fingerprint density at radius 1 is 1.59 bits per heavy atom. The predicted molar refractivity (Wildman–Crippen MR) is 65.8 cm³/mol. The first-order valence-corrected chi connectivity index (χ1v) is 5.49. The molecular weight excluding hydrogens is 245 g/mol. The number of oxime groups is 1. The van der Waals surface area contributed by atoms with Gasteiger partial charge in [0.2, 0.25) is 0 Å². The van der Waals surface area contributed by atoms with E-state index in [0.29, 0.717) is 19.5 Å². The molecule has 1 rings (SSSR count). The number of nitrogens with two attached hydrogens (primary N) is 1. The second-order valence-corrected chi connectivity index (χ2v) is 4.23. The van der Waals surface area contributed by atoms with E-state index in [9.17, 15) is 4.39 Å². The maximum absolute atomic E-state index is 13.2. The van der Waals surface area contributed by atoms with Crippen LogP contribution in [0.5, 0.6) is 0 Å². The Morgan fingerprint density at radius 2 is 2.29 bits per heavy atom. The highest BCUT2D eigenvalue weighted by Crippen LogP contribution is 2.16. The second-order valence-electron chi connectivity index (χ2n) is 3.83. The molecule has 0 aliphatic heterocycles. The Hall–Kier alpha value is -1.33. The van der Waals surface area contributed by atoms with E-state index in [4.69, 9.17) is 22.5 Å². The van der Waals surface area contributed by atoms with Gasteiger partial charge in [0.15, 0.2) is 0 Å². The summed E-state index contributed by atoms with van der Waals surface area (Å²) in [5.41, 5.74) is 6.18. The SMILES string of the molecule is CN(CC/C(N)=N/O)Cc1ccc(Cl)c(F)c1. The third-order valence-corrected chi connectivity index (χ3v) is 2.62. The van der Waals surface area contributed by atoms with Gasteiger partial charge in [-0.15, -0.1) is 0 Å². The molecule has 0 bridgehead atoms. The van der Waals surface area contributed by atoms with Crippen LogP contribution in [0.25, 0.3) is 0 Å². The Bertz CT molecular complexity index is 412. The van der Waals surface area contributed by atoms with E-state index in [2.05, 4.69) is 5.16 Å². The maximum Gasteiger partial charge on any atom is 0.142 e. The highest BCUT2D eigenvalue weighted by Gasteiger charge is 2.05. The fourth-order valence-electron chi connectivity index (χ4n) is 1.38.